The highest BCUT2D eigenvalue weighted by molar-refractivity contribution is 7.89. The molecule has 0 saturated heterocycles. The zero-order valence-corrected chi connectivity index (χ0v) is 14.7. The van der Waals surface area contributed by atoms with Crippen molar-refractivity contribution in [3.05, 3.63) is 48.0 Å². The Morgan fingerprint density at radius 3 is 2.38 bits per heavy atom. The van der Waals surface area contributed by atoms with Crippen LogP contribution in [0.4, 0.5) is 8.78 Å². The van der Waals surface area contributed by atoms with Gasteiger partial charge in [0.2, 0.25) is 10.0 Å². The highest BCUT2D eigenvalue weighted by atomic mass is 32.2. The first kappa shape index (κ1) is 18.4. The third-order valence-electron chi connectivity index (χ3n) is 3.78. The molecule has 0 saturated carbocycles. The molecule has 0 aromatic heterocycles. The van der Waals surface area contributed by atoms with E-state index in [0.29, 0.717) is 30.3 Å². The summed E-state index contributed by atoms with van der Waals surface area (Å²) in [6.07, 6.45) is 0. The fourth-order valence-corrected chi connectivity index (χ4v) is 3.66. The minimum atomic E-state index is -3.75. The standard InChI is InChI=1S/C17H17F2NO5S/c1-20(11-12-2-4-13(5-3-12)25-17(18)19)26(21,22)14-6-7-15-16(10-14)24-9-8-23-15/h2-7,10,17H,8-9,11H2,1H3. The molecule has 0 N–H and O–H groups in total. The Morgan fingerprint density at radius 1 is 1.08 bits per heavy atom. The average Bonchev–Trinajstić information content (AvgIpc) is 2.62. The van der Waals surface area contributed by atoms with Crippen LogP contribution in [0.25, 0.3) is 0 Å². The monoisotopic (exact) mass is 385 g/mol. The molecule has 0 radical (unpaired) electrons. The molecule has 0 spiro atoms. The van der Waals surface area contributed by atoms with Gasteiger partial charge in [-0.1, -0.05) is 12.1 Å². The molecule has 0 aliphatic carbocycles. The van der Waals surface area contributed by atoms with Crippen molar-refractivity contribution in [2.75, 3.05) is 20.3 Å². The van der Waals surface area contributed by atoms with E-state index in [1.807, 2.05) is 0 Å². The van der Waals surface area contributed by atoms with Crippen LogP contribution < -0.4 is 14.2 Å². The predicted octanol–water partition coefficient (Wildman–Crippen LogP) is 2.88. The SMILES string of the molecule is CN(Cc1ccc(OC(F)F)cc1)S(=O)(=O)c1ccc2c(c1)OCCO2. The maximum atomic E-state index is 12.7. The average molecular weight is 385 g/mol. The van der Waals surface area contributed by atoms with Crippen LogP contribution in [0.3, 0.4) is 0 Å². The molecule has 26 heavy (non-hydrogen) atoms. The highest BCUT2D eigenvalue weighted by Gasteiger charge is 2.24. The minimum absolute atomic E-state index is 0.0149. The molecule has 6 nitrogen and oxygen atoms in total. The maximum absolute atomic E-state index is 12.7. The summed E-state index contributed by atoms with van der Waals surface area (Å²) in [6, 6.07) is 10.3. The van der Waals surface area contributed by atoms with Gasteiger partial charge in [0.15, 0.2) is 11.5 Å². The summed E-state index contributed by atoms with van der Waals surface area (Å²) in [5.41, 5.74) is 0.634. The van der Waals surface area contributed by atoms with Crippen molar-refractivity contribution in [2.24, 2.45) is 0 Å². The van der Waals surface area contributed by atoms with Crippen molar-refractivity contribution < 1.29 is 31.4 Å². The zero-order chi connectivity index (χ0) is 18.7. The maximum Gasteiger partial charge on any atom is 0.387 e. The Kier molecular flexibility index (Phi) is 5.28. The molecule has 9 heteroatoms. The molecule has 1 heterocycles. The second-order valence-electron chi connectivity index (χ2n) is 5.59. The van der Waals surface area contributed by atoms with Crippen molar-refractivity contribution in [1.29, 1.82) is 0 Å². The van der Waals surface area contributed by atoms with Crippen LogP contribution in [-0.2, 0) is 16.6 Å². The summed E-state index contributed by atoms with van der Waals surface area (Å²) in [7, 11) is -2.31. The molecule has 0 amide bonds. The first-order valence-corrected chi connectivity index (χ1v) is 9.20. The summed E-state index contributed by atoms with van der Waals surface area (Å²) < 4.78 is 66.1. The highest BCUT2D eigenvalue weighted by Crippen LogP contribution is 2.33. The quantitative estimate of drug-likeness (QED) is 0.765. The van der Waals surface area contributed by atoms with Crippen molar-refractivity contribution in [3.8, 4) is 17.2 Å². The summed E-state index contributed by atoms with van der Waals surface area (Å²) in [5, 5.41) is 0. The Bertz CT molecular complexity index is 871. The van der Waals surface area contributed by atoms with E-state index < -0.39 is 16.6 Å². The minimum Gasteiger partial charge on any atom is -0.486 e. The zero-order valence-electron chi connectivity index (χ0n) is 13.9. The largest absolute Gasteiger partial charge is 0.486 e. The lowest BCUT2D eigenvalue weighted by atomic mass is 10.2. The fraction of sp³-hybridized carbons (Fsp3) is 0.294. The lowest BCUT2D eigenvalue weighted by molar-refractivity contribution is -0.0498. The molecule has 0 fully saturated rings. The van der Waals surface area contributed by atoms with Crippen molar-refractivity contribution >= 4 is 10.0 Å². The molecule has 1 aliphatic heterocycles. The molecule has 0 atom stereocenters. The first-order valence-electron chi connectivity index (χ1n) is 7.76. The van der Waals surface area contributed by atoms with E-state index in [0.717, 1.165) is 0 Å². The van der Waals surface area contributed by atoms with E-state index in [1.165, 1.54) is 47.8 Å². The van der Waals surface area contributed by atoms with Gasteiger partial charge in [-0.15, -0.1) is 0 Å². The Balaban J connectivity index is 1.75. The molecule has 0 bridgehead atoms. The van der Waals surface area contributed by atoms with Crippen LogP contribution in [0.1, 0.15) is 5.56 Å². The summed E-state index contributed by atoms with van der Waals surface area (Å²) in [5.74, 6) is 0.910. The number of rotatable bonds is 6. The molecule has 2 aromatic carbocycles. The van der Waals surface area contributed by atoms with Crippen molar-refractivity contribution in [2.45, 2.75) is 18.1 Å². The van der Waals surface area contributed by atoms with E-state index in [2.05, 4.69) is 4.74 Å². The van der Waals surface area contributed by atoms with E-state index in [1.54, 1.807) is 6.07 Å². The first-order chi connectivity index (χ1) is 12.4. The molecule has 0 unspecified atom stereocenters. The van der Waals surface area contributed by atoms with Gasteiger partial charge in [-0.05, 0) is 29.8 Å². The van der Waals surface area contributed by atoms with Gasteiger partial charge in [0, 0.05) is 19.7 Å². The van der Waals surface area contributed by atoms with Crippen LogP contribution in [0.2, 0.25) is 0 Å². The Labute approximate surface area is 149 Å². The number of alkyl halides is 2. The topological polar surface area (TPSA) is 65.1 Å². The van der Waals surface area contributed by atoms with Crippen LogP contribution >= 0.6 is 0 Å². The second kappa shape index (κ2) is 7.46. The van der Waals surface area contributed by atoms with Crippen molar-refractivity contribution in [1.82, 2.24) is 4.31 Å². The van der Waals surface area contributed by atoms with Crippen LogP contribution in [0.5, 0.6) is 17.2 Å². The van der Waals surface area contributed by atoms with E-state index in [4.69, 9.17) is 9.47 Å². The van der Waals surface area contributed by atoms with Gasteiger partial charge in [-0.3, -0.25) is 0 Å². The predicted molar refractivity (Wildman–Crippen MR) is 89.2 cm³/mol. The summed E-state index contributed by atoms with van der Waals surface area (Å²) in [6.45, 7) is -2.05. The number of nitrogens with zero attached hydrogens (tertiary/aromatic N) is 1. The third-order valence-corrected chi connectivity index (χ3v) is 5.57. The Morgan fingerprint density at radius 2 is 1.73 bits per heavy atom. The number of fused-ring (bicyclic) bond motifs is 1. The van der Waals surface area contributed by atoms with Crippen molar-refractivity contribution in [3.63, 3.8) is 0 Å². The van der Waals surface area contributed by atoms with Gasteiger partial charge in [0.05, 0.1) is 4.90 Å². The van der Waals surface area contributed by atoms with Crippen LogP contribution in [0, 0.1) is 0 Å². The second-order valence-corrected chi connectivity index (χ2v) is 7.63. The van der Waals surface area contributed by atoms with Crippen LogP contribution in [0.15, 0.2) is 47.4 Å². The molecular formula is C17H17F2NO5S. The fourth-order valence-electron chi connectivity index (χ4n) is 2.48. The molecule has 140 valence electrons. The van der Waals surface area contributed by atoms with Gasteiger partial charge in [0.25, 0.3) is 0 Å². The third kappa shape index (κ3) is 4.05. The van der Waals surface area contributed by atoms with E-state index in [9.17, 15) is 17.2 Å². The number of halogens is 2. The number of ether oxygens (including phenoxy) is 3. The summed E-state index contributed by atoms with van der Waals surface area (Å²) >= 11 is 0. The van der Waals surface area contributed by atoms with Gasteiger partial charge >= 0.3 is 6.61 Å². The Hall–Kier alpha value is -2.39. The number of hydrogen-bond donors (Lipinski definition) is 0. The molecule has 3 rings (SSSR count). The molecule has 1 aliphatic rings. The lowest BCUT2D eigenvalue weighted by Gasteiger charge is -2.21. The normalized spacial score (nSPS) is 13.9. The number of sulfonamides is 1. The van der Waals surface area contributed by atoms with Gasteiger partial charge < -0.3 is 14.2 Å². The molecule has 2 aromatic rings. The van der Waals surface area contributed by atoms with E-state index >= 15 is 0 Å². The van der Waals surface area contributed by atoms with E-state index in [-0.39, 0.29) is 17.2 Å². The lowest BCUT2D eigenvalue weighted by Crippen LogP contribution is -2.26. The number of benzene rings is 2. The number of hydrogen-bond acceptors (Lipinski definition) is 5. The summed E-state index contributed by atoms with van der Waals surface area (Å²) in [4.78, 5) is 0.0851. The van der Waals surface area contributed by atoms with Gasteiger partial charge in [0.1, 0.15) is 19.0 Å². The smallest absolute Gasteiger partial charge is 0.387 e. The van der Waals surface area contributed by atoms with Gasteiger partial charge in [-0.25, -0.2) is 8.42 Å². The molecular weight excluding hydrogens is 368 g/mol. The van der Waals surface area contributed by atoms with Gasteiger partial charge in [-0.2, -0.15) is 13.1 Å². The van der Waals surface area contributed by atoms with Crippen LogP contribution in [-0.4, -0.2) is 39.6 Å².